The van der Waals surface area contributed by atoms with Crippen LogP contribution in [0.5, 0.6) is 0 Å². The zero-order chi connectivity index (χ0) is 14.5. The first-order valence-electron chi connectivity index (χ1n) is 6.46. The summed E-state index contributed by atoms with van der Waals surface area (Å²) in [4.78, 5) is 0. The molecule has 3 nitrogen and oxygen atoms in total. The summed E-state index contributed by atoms with van der Waals surface area (Å²) < 4.78 is 5.51. The molecule has 108 valence electrons. The molecule has 0 saturated heterocycles. The van der Waals surface area contributed by atoms with E-state index in [0.29, 0.717) is 24.5 Å². The zero-order valence-electron chi connectivity index (χ0n) is 11.8. The van der Waals surface area contributed by atoms with Crippen LogP contribution < -0.4 is 0 Å². The molecule has 4 heteroatoms. The van der Waals surface area contributed by atoms with E-state index in [-0.39, 0.29) is 6.61 Å². The summed E-state index contributed by atoms with van der Waals surface area (Å²) in [5.74, 6) is 0. The summed E-state index contributed by atoms with van der Waals surface area (Å²) in [6.45, 7) is 5.76. The summed E-state index contributed by atoms with van der Waals surface area (Å²) >= 11 is 6.02. The van der Waals surface area contributed by atoms with Gasteiger partial charge in [0.25, 0.3) is 0 Å². The Morgan fingerprint density at radius 1 is 1.11 bits per heavy atom. The molecule has 0 aliphatic carbocycles. The molecule has 1 aromatic carbocycles. The number of benzene rings is 1. The fraction of sp³-hybridized carbons (Fsp3) is 0.600. The monoisotopic (exact) mass is 286 g/mol. The molecule has 0 heterocycles. The lowest BCUT2D eigenvalue weighted by Crippen LogP contribution is -2.33. The van der Waals surface area contributed by atoms with Gasteiger partial charge in [-0.25, -0.2) is 0 Å². The average Bonchev–Trinajstić information content (AvgIpc) is 2.28. The lowest BCUT2D eigenvalue weighted by molar-refractivity contribution is -0.0579. The smallest absolute Gasteiger partial charge is 0.0853 e. The molecule has 19 heavy (non-hydrogen) atoms. The lowest BCUT2D eigenvalue weighted by Gasteiger charge is -2.27. The Morgan fingerprint density at radius 2 is 1.74 bits per heavy atom. The van der Waals surface area contributed by atoms with Crippen molar-refractivity contribution in [2.45, 2.75) is 51.4 Å². The first kappa shape index (κ1) is 16.4. The Kier molecular flexibility index (Phi) is 5.81. The van der Waals surface area contributed by atoms with E-state index in [1.54, 1.807) is 20.8 Å². The van der Waals surface area contributed by atoms with Crippen molar-refractivity contribution in [2.24, 2.45) is 0 Å². The van der Waals surface area contributed by atoms with Gasteiger partial charge >= 0.3 is 0 Å². The number of rotatable bonds is 7. The highest BCUT2D eigenvalue weighted by molar-refractivity contribution is 6.31. The number of ether oxygens (including phenoxy) is 1. The Hall–Kier alpha value is -0.610. The Morgan fingerprint density at radius 3 is 2.32 bits per heavy atom. The molecule has 0 fully saturated rings. The molecule has 1 rings (SSSR count). The number of halogens is 1. The van der Waals surface area contributed by atoms with Crippen LogP contribution >= 0.6 is 11.6 Å². The Balaban J connectivity index is 2.37. The van der Waals surface area contributed by atoms with Crippen molar-refractivity contribution < 1.29 is 14.9 Å². The summed E-state index contributed by atoms with van der Waals surface area (Å²) in [6.07, 6.45) is 1.01. The van der Waals surface area contributed by atoms with Gasteiger partial charge in [0.1, 0.15) is 0 Å². The fourth-order valence-electron chi connectivity index (χ4n) is 1.64. The minimum atomic E-state index is -0.943. The second kappa shape index (κ2) is 6.71. The molecule has 0 spiro atoms. The van der Waals surface area contributed by atoms with E-state index in [1.807, 2.05) is 24.3 Å². The predicted molar refractivity (Wildman–Crippen MR) is 77.3 cm³/mol. The molecule has 0 aromatic heterocycles. The number of aliphatic hydroxyl groups is 2. The number of hydrogen-bond acceptors (Lipinski definition) is 3. The van der Waals surface area contributed by atoms with E-state index in [9.17, 15) is 10.2 Å². The quantitative estimate of drug-likeness (QED) is 0.809. The minimum Gasteiger partial charge on any atom is -0.390 e. The van der Waals surface area contributed by atoms with Crippen molar-refractivity contribution in [1.29, 1.82) is 0 Å². The minimum absolute atomic E-state index is 0.217. The van der Waals surface area contributed by atoms with Gasteiger partial charge in [0.2, 0.25) is 0 Å². The van der Waals surface area contributed by atoms with E-state index in [1.165, 1.54) is 0 Å². The number of hydrogen-bond donors (Lipinski definition) is 2. The third-order valence-corrected chi connectivity index (χ3v) is 3.27. The van der Waals surface area contributed by atoms with Crippen LogP contribution in [0.25, 0.3) is 0 Å². The third kappa shape index (κ3) is 6.92. The van der Waals surface area contributed by atoms with Gasteiger partial charge in [0.05, 0.1) is 24.4 Å². The summed E-state index contributed by atoms with van der Waals surface area (Å²) in [5, 5.41) is 20.5. The first-order chi connectivity index (χ1) is 8.70. The van der Waals surface area contributed by atoms with Gasteiger partial charge in [-0.3, -0.25) is 0 Å². The maximum atomic E-state index is 10.2. The van der Waals surface area contributed by atoms with Crippen molar-refractivity contribution >= 4 is 11.6 Å². The van der Waals surface area contributed by atoms with E-state index >= 15 is 0 Å². The van der Waals surface area contributed by atoms with Gasteiger partial charge in [-0.1, -0.05) is 29.8 Å². The molecule has 0 aliphatic rings. The molecule has 1 aromatic rings. The van der Waals surface area contributed by atoms with E-state index in [0.717, 1.165) is 5.56 Å². The fourth-order valence-corrected chi connectivity index (χ4v) is 1.83. The molecule has 1 atom stereocenters. The molecule has 0 radical (unpaired) electrons. The standard InChI is InChI=1S/C15H23ClO3/c1-14(2,17)8-9-15(3,18)11-19-10-12-6-4-5-7-13(12)16/h4-7,17-18H,8-11H2,1-3H3. The summed E-state index contributed by atoms with van der Waals surface area (Å²) in [7, 11) is 0. The van der Waals surface area contributed by atoms with Crippen LogP contribution in [0.2, 0.25) is 5.02 Å². The molecule has 0 bridgehead atoms. The van der Waals surface area contributed by atoms with E-state index < -0.39 is 11.2 Å². The highest BCUT2D eigenvalue weighted by Crippen LogP contribution is 2.21. The van der Waals surface area contributed by atoms with Gasteiger partial charge in [-0.2, -0.15) is 0 Å². The lowest BCUT2D eigenvalue weighted by atomic mass is 9.93. The SMILES string of the molecule is CC(C)(O)CCC(C)(O)COCc1ccccc1Cl. The van der Waals surface area contributed by atoms with E-state index in [2.05, 4.69) is 0 Å². The van der Waals surface area contributed by atoms with Gasteiger partial charge in [0, 0.05) is 5.02 Å². The van der Waals surface area contributed by atoms with Crippen molar-refractivity contribution in [2.75, 3.05) is 6.61 Å². The summed E-state index contributed by atoms with van der Waals surface area (Å²) in [5.41, 5.74) is -0.809. The van der Waals surface area contributed by atoms with Crippen LogP contribution in [0, 0.1) is 0 Å². The molecule has 2 N–H and O–H groups in total. The van der Waals surface area contributed by atoms with Crippen LogP contribution in [0.1, 0.15) is 39.2 Å². The van der Waals surface area contributed by atoms with Gasteiger partial charge in [0.15, 0.2) is 0 Å². The van der Waals surface area contributed by atoms with Crippen molar-refractivity contribution in [3.05, 3.63) is 34.9 Å². The van der Waals surface area contributed by atoms with Crippen molar-refractivity contribution in [1.82, 2.24) is 0 Å². The van der Waals surface area contributed by atoms with Crippen molar-refractivity contribution in [3.63, 3.8) is 0 Å². The normalized spacial score (nSPS) is 15.3. The topological polar surface area (TPSA) is 49.7 Å². The second-order valence-corrected chi connectivity index (χ2v) is 6.30. The molecular weight excluding hydrogens is 264 g/mol. The maximum Gasteiger partial charge on any atom is 0.0853 e. The molecular formula is C15H23ClO3. The predicted octanol–water partition coefficient (Wildman–Crippen LogP) is 3.16. The Bertz CT molecular complexity index is 397. The molecule has 1 unspecified atom stereocenters. The maximum absolute atomic E-state index is 10.2. The van der Waals surface area contributed by atoms with E-state index in [4.69, 9.17) is 16.3 Å². The van der Waals surface area contributed by atoms with Crippen LogP contribution in [0.3, 0.4) is 0 Å². The highest BCUT2D eigenvalue weighted by atomic mass is 35.5. The van der Waals surface area contributed by atoms with Gasteiger partial charge < -0.3 is 14.9 Å². The zero-order valence-corrected chi connectivity index (χ0v) is 12.6. The van der Waals surface area contributed by atoms with Crippen LogP contribution in [-0.2, 0) is 11.3 Å². The largest absolute Gasteiger partial charge is 0.390 e. The second-order valence-electron chi connectivity index (χ2n) is 5.89. The highest BCUT2D eigenvalue weighted by Gasteiger charge is 2.24. The third-order valence-electron chi connectivity index (χ3n) is 2.90. The van der Waals surface area contributed by atoms with Crippen LogP contribution in [-0.4, -0.2) is 28.0 Å². The van der Waals surface area contributed by atoms with Crippen molar-refractivity contribution in [3.8, 4) is 0 Å². The van der Waals surface area contributed by atoms with Gasteiger partial charge in [-0.15, -0.1) is 0 Å². The molecule has 0 saturated carbocycles. The van der Waals surface area contributed by atoms with Crippen LogP contribution in [0.4, 0.5) is 0 Å². The van der Waals surface area contributed by atoms with Gasteiger partial charge in [-0.05, 0) is 45.2 Å². The average molecular weight is 287 g/mol. The first-order valence-corrected chi connectivity index (χ1v) is 6.83. The molecule has 0 aliphatic heterocycles. The Labute approximate surface area is 120 Å². The molecule has 0 amide bonds. The summed E-state index contributed by atoms with van der Waals surface area (Å²) in [6, 6.07) is 7.48. The van der Waals surface area contributed by atoms with Crippen LogP contribution in [0.15, 0.2) is 24.3 Å².